The van der Waals surface area contributed by atoms with E-state index in [9.17, 15) is 0 Å². The summed E-state index contributed by atoms with van der Waals surface area (Å²) in [6, 6.07) is 0. The molecule has 0 atom stereocenters. The van der Waals surface area contributed by atoms with Crippen LogP contribution in [0.2, 0.25) is 5.15 Å². The van der Waals surface area contributed by atoms with E-state index < -0.39 is 0 Å². The zero-order valence-corrected chi connectivity index (χ0v) is 9.18. The highest BCUT2D eigenvalue weighted by molar-refractivity contribution is 6.30. The van der Waals surface area contributed by atoms with Crippen LogP contribution in [0.15, 0.2) is 0 Å². The van der Waals surface area contributed by atoms with Crippen molar-refractivity contribution in [2.45, 2.75) is 20.8 Å². The summed E-state index contributed by atoms with van der Waals surface area (Å²) in [5, 5.41) is 0.544. The van der Waals surface area contributed by atoms with Gasteiger partial charge in [0.2, 0.25) is 0 Å². The monoisotopic (exact) mass is 199 g/mol. The molecule has 0 aliphatic carbocycles. The van der Waals surface area contributed by atoms with Gasteiger partial charge in [-0.15, -0.1) is 0 Å². The summed E-state index contributed by atoms with van der Waals surface area (Å²) in [5.41, 5.74) is 0.941. The molecule has 0 bridgehead atoms. The zero-order valence-electron chi connectivity index (χ0n) is 8.43. The molecule has 3 nitrogen and oxygen atoms in total. The smallest absolute Gasteiger partial charge is 0.137 e. The average Bonchev–Trinajstić information content (AvgIpc) is 2.10. The van der Waals surface area contributed by atoms with Crippen molar-refractivity contribution in [1.29, 1.82) is 0 Å². The molecule has 0 amide bonds. The van der Waals surface area contributed by atoms with Crippen molar-refractivity contribution in [2.75, 3.05) is 18.5 Å². The van der Waals surface area contributed by atoms with Crippen LogP contribution < -0.4 is 4.90 Å². The van der Waals surface area contributed by atoms with Crippen molar-refractivity contribution in [3.05, 3.63) is 16.5 Å². The van der Waals surface area contributed by atoms with Crippen molar-refractivity contribution in [3.8, 4) is 0 Å². The molecule has 4 heteroatoms. The molecular weight excluding hydrogens is 186 g/mol. The SMILES string of the molecule is CCN(C)c1nc(C)nc(Cl)c1C. The second kappa shape index (κ2) is 3.92. The van der Waals surface area contributed by atoms with Crippen LogP contribution in [0.1, 0.15) is 18.3 Å². The van der Waals surface area contributed by atoms with E-state index in [1.54, 1.807) is 0 Å². The Morgan fingerprint density at radius 1 is 1.31 bits per heavy atom. The van der Waals surface area contributed by atoms with Gasteiger partial charge < -0.3 is 4.90 Å². The van der Waals surface area contributed by atoms with Crippen LogP contribution in [0.5, 0.6) is 0 Å². The van der Waals surface area contributed by atoms with Crippen LogP contribution in [0.25, 0.3) is 0 Å². The van der Waals surface area contributed by atoms with Gasteiger partial charge in [0.15, 0.2) is 0 Å². The molecule has 0 saturated heterocycles. The number of hydrogen-bond donors (Lipinski definition) is 0. The van der Waals surface area contributed by atoms with Gasteiger partial charge in [0.1, 0.15) is 16.8 Å². The molecule has 0 aliphatic rings. The summed E-state index contributed by atoms with van der Waals surface area (Å²) in [5.74, 6) is 1.63. The van der Waals surface area contributed by atoms with Crippen molar-refractivity contribution in [2.24, 2.45) is 0 Å². The van der Waals surface area contributed by atoms with E-state index in [2.05, 4.69) is 21.8 Å². The van der Waals surface area contributed by atoms with Crippen LogP contribution in [-0.4, -0.2) is 23.6 Å². The lowest BCUT2D eigenvalue weighted by molar-refractivity contribution is 0.900. The molecule has 1 aromatic heterocycles. The highest BCUT2D eigenvalue weighted by Crippen LogP contribution is 2.21. The van der Waals surface area contributed by atoms with Gasteiger partial charge >= 0.3 is 0 Å². The fourth-order valence-electron chi connectivity index (χ4n) is 1.10. The standard InChI is InChI=1S/C9H14ClN3/c1-5-13(4)9-6(2)8(10)11-7(3)12-9/h5H2,1-4H3. The first kappa shape index (κ1) is 10.3. The minimum Gasteiger partial charge on any atom is -0.360 e. The maximum Gasteiger partial charge on any atom is 0.137 e. The topological polar surface area (TPSA) is 29.0 Å². The van der Waals surface area contributed by atoms with Crippen molar-refractivity contribution in [1.82, 2.24) is 9.97 Å². The van der Waals surface area contributed by atoms with E-state index in [1.165, 1.54) is 0 Å². The molecule has 0 saturated carbocycles. The molecule has 0 aromatic carbocycles. The predicted octanol–water partition coefficient (Wildman–Crippen LogP) is 2.20. The summed E-state index contributed by atoms with van der Waals surface area (Å²) in [6.07, 6.45) is 0. The van der Waals surface area contributed by atoms with E-state index in [0.717, 1.165) is 17.9 Å². The lowest BCUT2D eigenvalue weighted by Crippen LogP contribution is -2.19. The largest absolute Gasteiger partial charge is 0.360 e. The minimum absolute atomic E-state index is 0.544. The van der Waals surface area contributed by atoms with E-state index in [4.69, 9.17) is 11.6 Å². The molecule has 1 heterocycles. The Balaban J connectivity index is 3.20. The van der Waals surface area contributed by atoms with Crippen LogP contribution in [0.3, 0.4) is 0 Å². The van der Waals surface area contributed by atoms with Gasteiger partial charge in [-0.2, -0.15) is 0 Å². The third-order valence-corrected chi connectivity index (χ3v) is 2.38. The summed E-state index contributed by atoms with van der Waals surface area (Å²) >= 11 is 5.94. The third kappa shape index (κ3) is 2.10. The first-order valence-electron chi connectivity index (χ1n) is 4.28. The first-order chi connectivity index (χ1) is 6.06. The van der Waals surface area contributed by atoms with Crippen molar-refractivity contribution in [3.63, 3.8) is 0 Å². The first-order valence-corrected chi connectivity index (χ1v) is 4.66. The average molecular weight is 200 g/mol. The summed E-state index contributed by atoms with van der Waals surface area (Å²) in [4.78, 5) is 10.5. The Bertz CT molecular complexity index is 312. The molecule has 0 radical (unpaired) electrons. The number of halogens is 1. The summed E-state index contributed by atoms with van der Waals surface area (Å²) < 4.78 is 0. The van der Waals surface area contributed by atoms with E-state index in [-0.39, 0.29) is 0 Å². The van der Waals surface area contributed by atoms with Crippen LogP contribution >= 0.6 is 11.6 Å². The van der Waals surface area contributed by atoms with Gasteiger partial charge in [0.25, 0.3) is 0 Å². The third-order valence-electron chi connectivity index (χ3n) is 2.01. The predicted molar refractivity (Wildman–Crippen MR) is 55.5 cm³/mol. The highest BCUT2D eigenvalue weighted by atomic mass is 35.5. The summed E-state index contributed by atoms with van der Waals surface area (Å²) in [7, 11) is 1.99. The number of nitrogens with zero attached hydrogens (tertiary/aromatic N) is 3. The number of aromatic nitrogens is 2. The van der Waals surface area contributed by atoms with Crippen LogP contribution in [-0.2, 0) is 0 Å². The Morgan fingerprint density at radius 2 is 1.92 bits per heavy atom. The second-order valence-corrected chi connectivity index (χ2v) is 3.38. The molecule has 0 N–H and O–H groups in total. The molecule has 72 valence electrons. The van der Waals surface area contributed by atoms with Gasteiger partial charge in [0, 0.05) is 19.2 Å². The number of aryl methyl sites for hydroxylation is 1. The number of rotatable bonds is 2. The quantitative estimate of drug-likeness (QED) is 0.684. The van der Waals surface area contributed by atoms with Gasteiger partial charge in [-0.1, -0.05) is 11.6 Å². The molecule has 13 heavy (non-hydrogen) atoms. The molecule has 0 spiro atoms. The van der Waals surface area contributed by atoms with Gasteiger partial charge in [-0.25, -0.2) is 9.97 Å². The fourth-order valence-corrected chi connectivity index (χ4v) is 1.31. The highest BCUT2D eigenvalue weighted by Gasteiger charge is 2.09. The Kier molecular flexibility index (Phi) is 3.09. The molecule has 0 unspecified atom stereocenters. The minimum atomic E-state index is 0.544. The van der Waals surface area contributed by atoms with E-state index in [1.807, 2.05) is 20.9 Å². The van der Waals surface area contributed by atoms with Crippen LogP contribution in [0.4, 0.5) is 5.82 Å². The van der Waals surface area contributed by atoms with Crippen molar-refractivity contribution >= 4 is 17.4 Å². The fraction of sp³-hybridized carbons (Fsp3) is 0.556. The molecule has 1 aromatic rings. The number of anilines is 1. The second-order valence-electron chi connectivity index (χ2n) is 3.02. The van der Waals surface area contributed by atoms with Crippen LogP contribution in [0, 0.1) is 13.8 Å². The lowest BCUT2D eigenvalue weighted by atomic mass is 10.3. The number of hydrogen-bond acceptors (Lipinski definition) is 3. The van der Waals surface area contributed by atoms with Gasteiger partial charge in [-0.3, -0.25) is 0 Å². The normalized spacial score (nSPS) is 10.2. The Hall–Kier alpha value is -0.830. The Labute approximate surface area is 83.8 Å². The van der Waals surface area contributed by atoms with E-state index >= 15 is 0 Å². The maximum atomic E-state index is 5.94. The Morgan fingerprint density at radius 3 is 2.46 bits per heavy atom. The van der Waals surface area contributed by atoms with Crippen molar-refractivity contribution < 1.29 is 0 Å². The molecular formula is C9H14ClN3. The van der Waals surface area contributed by atoms with Gasteiger partial charge in [-0.05, 0) is 20.8 Å². The molecule has 0 fully saturated rings. The van der Waals surface area contributed by atoms with Gasteiger partial charge in [0.05, 0.1) is 0 Å². The maximum absolute atomic E-state index is 5.94. The lowest BCUT2D eigenvalue weighted by Gasteiger charge is -2.18. The summed E-state index contributed by atoms with van der Waals surface area (Å²) in [6.45, 7) is 6.76. The zero-order chi connectivity index (χ0) is 10.0. The van der Waals surface area contributed by atoms with E-state index in [0.29, 0.717) is 11.0 Å². The molecule has 0 aliphatic heterocycles. The molecule has 1 rings (SSSR count).